The van der Waals surface area contributed by atoms with Crippen molar-refractivity contribution in [1.29, 1.82) is 0 Å². The summed E-state index contributed by atoms with van der Waals surface area (Å²) in [5.41, 5.74) is 0. The Morgan fingerprint density at radius 2 is 1.93 bits per heavy atom. The summed E-state index contributed by atoms with van der Waals surface area (Å²) in [6, 6.07) is 8.71. The van der Waals surface area contributed by atoms with E-state index < -0.39 is 0 Å². The van der Waals surface area contributed by atoms with Gasteiger partial charge in [0.2, 0.25) is 0 Å². The highest BCUT2D eigenvalue weighted by Gasteiger charge is 1.89. The molecule has 0 spiro atoms. The molecule has 0 aliphatic rings. The van der Waals surface area contributed by atoms with E-state index in [9.17, 15) is 0 Å². The second kappa shape index (κ2) is 8.19. The molecule has 1 aromatic carbocycles. The molecule has 0 saturated heterocycles. The van der Waals surface area contributed by atoms with Crippen molar-refractivity contribution in [2.24, 2.45) is 5.92 Å². The van der Waals surface area contributed by atoms with Crippen LogP contribution in [0.15, 0.2) is 30.3 Å². The van der Waals surface area contributed by atoms with Gasteiger partial charge >= 0.3 is 0 Å². The van der Waals surface area contributed by atoms with Gasteiger partial charge in [0.25, 0.3) is 0 Å². The highest BCUT2D eigenvalue weighted by Crippen LogP contribution is 2.02. The molecule has 0 saturated carbocycles. The summed E-state index contributed by atoms with van der Waals surface area (Å²) in [5, 5.41) is 8.63. The molecule has 1 N–H and O–H groups in total. The molecule has 0 radical (unpaired) electrons. The van der Waals surface area contributed by atoms with Crippen LogP contribution >= 0.6 is 0 Å². The summed E-state index contributed by atoms with van der Waals surface area (Å²) in [7, 11) is 0. The summed E-state index contributed by atoms with van der Waals surface area (Å²) in [6.07, 6.45) is 7.47. The molecule has 1 unspecified atom stereocenters. The Labute approximate surface area is 86.8 Å². The fourth-order valence-corrected chi connectivity index (χ4v) is 0.944. The molecule has 1 nitrogen and oxygen atoms in total. The fourth-order valence-electron chi connectivity index (χ4n) is 0.944. The summed E-state index contributed by atoms with van der Waals surface area (Å²) < 4.78 is 0. The minimum atomic E-state index is 0.322. The highest BCUT2D eigenvalue weighted by molar-refractivity contribution is 5.18. The van der Waals surface area contributed by atoms with Crippen LogP contribution in [0.4, 0.5) is 0 Å². The van der Waals surface area contributed by atoms with E-state index in [-0.39, 0.29) is 0 Å². The Hall–Kier alpha value is -1.42. The second-order valence-corrected chi connectivity index (χ2v) is 3.19. The van der Waals surface area contributed by atoms with Crippen molar-refractivity contribution < 1.29 is 5.11 Å². The molecule has 0 aliphatic carbocycles. The van der Waals surface area contributed by atoms with Crippen molar-refractivity contribution in [3.63, 3.8) is 0 Å². The Kier molecular flexibility index (Phi) is 7.36. The van der Waals surface area contributed by atoms with Gasteiger partial charge in [-0.1, -0.05) is 38.5 Å². The number of phenolic OH excluding ortho intramolecular Hbond substituents is 1. The van der Waals surface area contributed by atoms with Crippen LogP contribution in [0.3, 0.4) is 0 Å². The maximum absolute atomic E-state index is 8.63. The first-order valence-electron chi connectivity index (χ1n) is 4.90. The number of hydrogen-bond acceptors (Lipinski definition) is 1. The van der Waals surface area contributed by atoms with Crippen LogP contribution in [0.2, 0.25) is 0 Å². The predicted molar refractivity (Wildman–Crippen MR) is 61.0 cm³/mol. The molecule has 0 amide bonds. The highest BCUT2D eigenvalue weighted by atomic mass is 16.3. The normalized spacial score (nSPS) is 10.6. The van der Waals surface area contributed by atoms with Gasteiger partial charge in [-0.25, -0.2) is 0 Å². The van der Waals surface area contributed by atoms with Crippen LogP contribution in [0.25, 0.3) is 0 Å². The van der Waals surface area contributed by atoms with Crippen LogP contribution in [-0.4, -0.2) is 5.11 Å². The third kappa shape index (κ3) is 7.24. The molecule has 0 heterocycles. The number of phenols is 1. The Bertz CT molecular complexity index is 258. The number of hydrogen-bond donors (Lipinski definition) is 1. The number of rotatable bonds is 2. The molecule has 1 aromatic rings. The number of benzene rings is 1. The summed E-state index contributed by atoms with van der Waals surface area (Å²) in [6.45, 7) is 4.22. The van der Waals surface area contributed by atoms with Gasteiger partial charge in [0, 0.05) is 5.92 Å². The minimum Gasteiger partial charge on any atom is -0.508 e. The van der Waals surface area contributed by atoms with E-state index in [4.69, 9.17) is 11.5 Å². The topological polar surface area (TPSA) is 20.2 Å². The van der Waals surface area contributed by atoms with Gasteiger partial charge in [-0.2, -0.15) is 0 Å². The van der Waals surface area contributed by atoms with Crippen molar-refractivity contribution in [3.05, 3.63) is 30.3 Å². The van der Waals surface area contributed by atoms with Crippen LogP contribution in [0.1, 0.15) is 26.7 Å². The van der Waals surface area contributed by atoms with Gasteiger partial charge in [0.15, 0.2) is 0 Å². The molecule has 76 valence electrons. The van der Waals surface area contributed by atoms with Crippen molar-refractivity contribution in [2.75, 3.05) is 0 Å². The van der Waals surface area contributed by atoms with Gasteiger partial charge in [-0.15, -0.1) is 12.3 Å². The van der Waals surface area contributed by atoms with E-state index in [2.05, 4.69) is 19.8 Å². The maximum Gasteiger partial charge on any atom is 0.115 e. The molecule has 0 bridgehead atoms. The largest absolute Gasteiger partial charge is 0.508 e. The first-order chi connectivity index (χ1) is 6.70. The Balaban J connectivity index is 0.000000241. The maximum atomic E-state index is 8.63. The lowest BCUT2D eigenvalue weighted by Crippen LogP contribution is -1.85. The lowest BCUT2D eigenvalue weighted by atomic mass is 10.1. The van der Waals surface area contributed by atoms with Gasteiger partial charge in [0.05, 0.1) is 0 Å². The van der Waals surface area contributed by atoms with Gasteiger partial charge in [-0.05, 0) is 18.6 Å². The van der Waals surface area contributed by atoms with Crippen LogP contribution < -0.4 is 0 Å². The average molecular weight is 190 g/mol. The molecular weight excluding hydrogens is 172 g/mol. The first-order valence-corrected chi connectivity index (χ1v) is 4.90. The summed E-state index contributed by atoms with van der Waals surface area (Å²) >= 11 is 0. The molecule has 0 aliphatic heterocycles. The predicted octanol–water partition coefficient (Wildman–Crippen LogP) is 3.45. The third-order valence-corrected chi connectivity index (χ3v) is 1.76. The zero-order valence-corrected chi connectivity index (χ0v) is 8.90. The summed E-state index contributed by atoms with van der Waals surface area (Å²) in [5.74, 6) is 3.46. The third-order valence-electron chi connectivity index (χ3n) is 1.76. The SMILES string of the molecule is C#CC(C)CCC.Oc1ccccc1. The fraction of sp³-hybridized carbons (Fsp3) is 0.385. The Morgan fingerprint density at radius 1 is 1.36 bits per heavy atom. The van der Waals surface area contributed by atoms with Crippen LogP contribution in [0, 0.1) is 18.3 Å². The zero-order valence-electron chi connectivity index (χ0n) is 8.90. The molecule has 1 rings (SSSR count). The number of terminal acetylenes is 1. The van der Waals surface area contributed by atoms with Crippen molar-refractivity contribution in [3.8, 4) is 18.1 Å². The molecule has 0 fully saturated rings. The Morgan fingerprint density at radius 3 is 2.14 bits per heavy atom. The van der Waals surface area contributed by atoms with E-state index in [1.807, 2.05) is 6.07 Å². The van der Waals surface area contributed by atoms with Crippen molar-refractivity contribution in [1.82, 2.24) is 0 Å². The molecule has 1 heteroatoms. The van der Waals surface area contributed by atoms with E-state index in [0.717, 1.165) is 6.42 Å². The van der Waals surface area contributed by atoms with Gasteiger partial charge in [-0.3, -0.25) is 0 Å². The van der Waals surface area contributed by atoms with E-state index in [1.165, 1.54) is 6.42 Å². The van der Waals surface area contributed by atoms with E-state index >= 15 is 0 Å². The molecule has 14 heavy (non-hydrogen) atoms. The molecule has 0 aromatic heterocycles. The second-order valence-electron chi connectivity index (χ2n) is 3.19. The number of aromatic hydroxyl groups is 1. The first kappa shape index (κ1) is 12.6. The van der Waals surface area contributed by atoms with Crippen LogP contribution in [-0.2, 0) is 0 Å². The standard InChI is InChI=1S/C7H12.C6H6O/c1-4-6-7(3)5-2;7-6-4-2-1-3-5-6/h2,7H,4,6H2,1,3H3;1-5,7H. The zero-order chi connectivity index (χ0) is 10.8. The van der Waals surface area contributed by atoms with Crippen LogP contribution in [0.5, 0.6) is 5.75 Å². The average Bonchev–Trinajstić information content (AvgIpc) is 2.20. The smallest absolute Gasteiger partial charge is 0.115 e. The van der Waals surface area contributed by atoms with Crippen molar-refractivity contribution >= 4 is 0 Å². The number of para-hydroxylation sites is 1. The monoisotopic (exact) mass is 190 g/mol. The summed E-state index contributed by atoms with van der Waals surface area (Å²) in [4.78, 5) is 0. The van der Waals surface area contributed by atoms with E-state index in [0.29, 0.717) is 11.7 Å². The molecule has 1 atom stereocenters. The van der Waals surface area contributed by atoms with Crippen molar-refractivity contribution in [2.45, 2.75) is 26.7 Å². The lowest BCUT2D eigenvalue weighted by Gasteiger charge is -1.95. The van der Waals surface area contributed by atoms with Gasteiger partial charge < -0.3 is 5.11 Å². The molecular formula is C13H18O. The minimum absolute atomic E-state index is 0.322. The van der Waals surface area contributed by atoms with E-state index in [1.54, 1.807) is 24.3 Å². The quantitative estimate of drug-likeness (QED) is 0.708. The lowest BCUT2D eigenvalue weighted by molar-refractivity contribution is 0.475. The van der Waals surface area contributed by atoms with Gasteiger partial charge in [0.1, 0.15) is 5.75 Å².